The van der Waals surface area contributed by atoms with Gasteiger partial charge in [0.25, 0.3) is 0 Å². The Bertz CT molecular complexity index is 118. The fourth-order valence-electron chi connectivity index (χ4n) is 0.137. The van der Waals surface area contributed by atoms with E-state index in [1.54, 1.807) is 0 Å². The maximum atomic E-state index is 8.79. The van der Waals surface area contributed by atoms with Crippen molar-refractivity contribution in [2.24, 2.45) is 0 Å². The van der Waals surface area contributed by atoms with Gasteiger partial charge in [-0.3, -0.25) is 0 Å². The Morgan fingerprint density at radius 3 is 1.36 bits per heavy atom. The van der Waals surface area contributed by atoms with Gasteiger partial charge >= 0.3 is 5.97 Å². The molecule has 1 unspecified atom stereocenters. The van der Waals surface area contributed by atoms with Gasteiger partial charge in [-0.1, -0.05) is 12.7 Å². The molecule has 0 rings (SSSR count). The smallest absolute Gasteiger partial charge is 0.309 e. The highest BCUT2D eigenvalue weighted by atomic mass is 16.7. The largest absolute Gasteiger partial charge is 0.378 e. The lowest BCUT2D eigenvalue weighted by molar-refractivity contribution is -0.374. The average molecular weight is 168 g/mol. The van der Waals surface area contributed by atoms with E-state index in [-0.39, 0.29) is 12.3 Å². The van der Waals surface area contributed by atoms with Gasteiger partial charge in [-0.25, -0.2) is 0 Å². The first-order valence-corrected chi connectivity index (χ1v) is 2.34. The van der Waals surface area contributed by atoms with E-state index in [1.165, 1.54) is 0 Å². The zero-order chi connectivity index (χ0) is 7.71. The summed E-state index contributed by atoms with van der Waals surface area (Å²) in [5.41, 5.74) is -2.09. The zero-order valence-corrected chi connectivity index (χ0v) is 6.49. The third-order valence-corrected chi connectivity index (χ3v) is 1.08. The third-order valence-electron chi connectivity index (χ3n) is 1.08. The summed E-state index contributed by atoms with van der Waals surface area (Å²) in [5.74, 6) is -3.12. The fourth-order valence-corrected chi connectivity index (χ4v) is 0.137. The molecular weight excluding hydrogens is 152 g/mol. The molecule has 0 aromatic heterocycles. The van der Waals surface area contributed by atoms with Crippen molar-refractivity contribution in [3.63, 3.8) is 0 Å². The lowest BCUT2D eigenvalue weighted by atomic mass is 10.1. The molecule has 0 bridgehead atoms. The van der Waals surface area contributed by atoms with E-state index in [0.717, 1.165) is 13.0 Å². The van der Waals surface area contributed by atoms with Crippen molar-refractivity contribution in [3.8, 4) is 0 Å². The van der Waals surface area contributed by atoms with Crippen LogP contribution in [0.4, 0.5) is 0 Å². The molecule has 10 N–H and O–H groups in total. The molecule has 0 saturated heterocycles. The Kier molecular flexibility index (Phi) is 6.73. The molecule has 0 aromatic carbocycles. The summed E-state index contributed by atoms with van der Waals surface area (Å²) in [6, 6.07) is 0. The Morgan fingerprint density at radius 2 is 1.36 bits per heavy atom. The van der Waals surface area contributed by atoms with E-state index in [9.17, 15) is 0 Å². The third kappa shape index (κ3) is 4.04. The predicted molar refractivity (Wildman–Crippen MR) is 40.3 cm³/mol. The van der Waals surface area contributed by atoms with Crippen molar-refractivity contribution >= 4 is 0 Å². The maximum absolute atomic E-state index is 8.79. The fraction of sp³-hybridized carbons (Fsp3) is 0.600. The highest BCUT2D eigenvalue weighted by molar-refractivity contribution is 4.96. The van der Waals surface area contributed by atoms with Gasteiger partial charge in [-0.2, -0.15) is 0 Å². The predicted octanol–water partition coefficient (Wildman–Crippen LogP) is -1.12. The molecule has 0 aliphatic rings. The minimum Gasteiger partial charge on any atom is -0.378 e. The summed E-state index contributed by atoms with van der Waals surface area (Å²) in [6.07, 6.45) is 0.826. The van der Waals surface area contributed by atoms with E-state index in [4.69, 9.17) is 20.4 Å². The number of aliphatic hydroxyl groups is 4. The summed E-state index contributed by atoms with van der Waals surface area (Å²) >= 11 is 0. The molecule has 1 atom stereocenters. The highest BCUT2D eigenvalue weighted by Crippen LogP contribution is 2.16. The van der Waals surface area contributed by atoms with Crippen LogP contribution in [0.5, 0.6) is 0 Å². The van der Waals surface area contributed by atoms with Gasteiger partial charge in [0.1, 0.15) is 0 Å². The van der Waals surface area contributed by atoms with Crippen LogP contribution in [0.2, 0.25) is 0 Å². The SMILES string of the molecule is C=CC(C)(O)C(O)(O)O.N.N. The van der Waals surface area contributed by atoms with Crippen LogP contribution in [-0.4, -0.2) is 32.0 Å². The molecule has 6 heteroatoms. The zero-order valence-electron chi connectivity index (χ0n) is 6.49. The second-order valence-electron chi connectivity index (χ2n) is 1.99. The monoisotopic (exact) mass is 168 g/mol. The summed E-state index contributed by atoms with van der Waals surface area (Å²) < 4.78 is 0. The first kappa shape index (κ1) is 16.8. The molecule has 0 radical (unpaired) electrons. The number of hydrogen-bond acceptors (Lipinski definition) is 6. The topological polar surface area (TPSA) is 151 Å². The van der Waals surface area contributed by atoms with Gasteiger partial charge in [0, 0.05) is 0 Å². The summed E-state index contributed by atoms with van der Waals surface area (Å²) in [5, 5.41) is 33.8. The first-order chi connectivity index (χ1) is 3.81. The molecule has 11 heavy (non-hydrogen) atoms. The van der Waals surface area contributed by atoms with Crippen LogP contribution < -0.4 is 12.3 Å². The molecule has 0 fully saturated rings. The first-order valence-electron chi connectivity index (χ1n) is 2.34. The number of rotatable bonds is 2. The Labute approximate surface area is 65.0 Å². The van der Waals surface area contributed by atoms with Gasteiger partial charge in [0.15, 0.2) is 5.60 Å². The molecule has 0 aliphatic heterocycles. The molecule has 0 saturated carbocycles. The van der Waals surface area contributed by atoms with Crippen LogP contribution in [0.3, 0.4) is 0 Å². The summed E-state index contributed by atoms with van der Waals surface area (Å²) in [6.45, 7) is 4.08. The molecule has 0 aliphatic carbocycles. The normalized spacial score (nSPS) is 15.4. The Balaban J connectivity index is -0.000000320. The van der Waals surface area contributed by atoms with Gasteiger partial charge in [0.2, 0.25) is 0 Å². The lowest BCUT2D eigenvalue weighted by Crippen LogP contribution is -2.50. The van der Waals surface area contributed by atoms with Crippen molar-refractivity contribution in [1.29, 1.82) is 0 Å². The minimum absolute atomic E-state index is 0. The van der Waals surface area contributed by atoms with Crippen LogP contribution in [0.15, 0.2) is 12.7 Å². The Hall–Kier alpha value is -0.500. The van der Waals surface area contributed by atoms with E-state index in [1.807, 2.05) is 0 Å². The highest BCUT2D eigenvalue weighted by Gasteiger charge is 2.40. The van der Waals surface area contributed by atoms with Crippen LogP contribution >= 0.6 is 0 Å². The molecule has 70 valence electrons. The summed E-state index contributed by atoms with van der Waals surface area (Å²) in [7, 11) is 0. The molecule has 6 nitrogen and oxygen atoms in total. The van der Waals surface area contributed by atoms with Gasteiger partial charge in [-0.05, 0) is 6.92 Å². The van der Waals surface area contributed by atoms with E-state index < -0.39 is 11.6 Å². The quantitative estimate of drug-likeness (QED) is 0.227. The van der Waals surface area contributed by atoms with Crippen molar-refractivity contribution < 1.29 is 20.4 Å². The van der Waals surface area contributed by atoms with Crippen LogP contribution in [0.25, 0.3) is 0 Å². The minimum atomic E-state index is -3.12. The van der Waals surface area contributed by atoms with Crippen molar-refractivity contribution in [3.05, 3.63) is 12.7 Å². The summed E-state index contributed by atoms with van der Waals surface area (Å²) in [4.78, 5) is 0. The lowest BCUT2D eigenvalue weighted by Gasteiger charge is -2.28. The van der Waals surface area contributed by atoms with Crippen LogP contribution in [-0.2, 0) is 0 Å². The van der Waals surface area contributed by atoms with E-state index >= 15 is 0 Å². The van der Waals surface area contributed by atoms with Crippen molar-refractivity contribution in [2.75, 3.05) is 0 Å². The van der Waals surface area contributed by atoms with Crippen molar-refractivity contribution in [2.45, 2.75) is 18.5 Å². The van der Waals surface area contributed by atoms with Gasteiger partial charge < -0.3 is 32.7 Å². The van der Waals surface area contributed by atoms with Crippen molar-refractivity contribution in [1.82, 2.24) is 12.3 Å². The van der Waals surface area contributed by atoms with Gasteiger partial charge in [-0.15, -0.1) is 0 Å². The van der Waals surface area contributed by atoms with E-state index in [2.05, 4.69) is 6.58 Å². The van der Waals surface area contributed by atoms with Crippen LogP contribution in [0, 0.1) is 0 Å². The standard InChI is InChI=1S/C5H10O4.2H3N/c1-3-4(2,6)5(7,8)9;;/h3,6-9H,1H2,2H3;2*1H3. The molecule has 0 amide bonds. The molecular formula is C5H16N2O4. The maximum Gasteiger partial charge on any atom is 0.309 e. The van der Waals surface area contributed by atoms with Crippen LogP contribution in [0.1, 0.15) is 6.92 Å². The molecule has 0 heterocycles. The van der Waals surface area contributed by atoms with Gasteiger partial charge in [0.05, 0.1) is 0 Å². The Morgan fingerprint density at radius 1 is 1.09 bits per heavy atom. The average Bonchev–Trinajstić information content (AvgIpc) is 1.64. The second kappa shape index (κ2) is 4.39. The second-order valence-corrected chi connectivity index (χ2v) is 1.99. The van der Waals surface area contributed by atoms with E-state index in [0.29, 0.717) is 0 Å². The molecule has 0 spiro atoms. The molecule has 0 aromatic rings. The number of hydrogen-bond donors (Lipinski definition) is 6.